The molecule has 0 bridgehead atoms. The van der Waals surface area contributed by atoms with E-state index >= 15 is 0 Å². The van der Waals surface area contributed by atoms with Crippen molar-refractivity contribution in [1.29, 1.82) is 5.26 Å². The number of nitrogens with zero attached hydrogens (tertiary/aromatic N) is 1. The van der Waals surface area contributed by atoms with Crippen molar-refractivity contribution in [3.8, 4) is 17.9 Å². The monoisotopic (exact) mass is 165 g/mol. The molecule has 3 nitrogen and oxygen atoms in total. The van der Waals surface area contributed by atoms with Crippen molar-refractivity contribution in [2.24, 2.45) is 0 Å². The van der Waals surface area contributed by atoms with Gasteiger partial charge in [0.1, 0.15) is 0 Å². The molecule has 12 heavy (non-hydrogen) atoms. The third-order valence-corrected chi connectivity index (χ3v) is 1.06. The maximum absolute atomic E-state index is 10.6. The van der Waals surface area contributed by atoms with E-state index in [0.717, 1.165) is 0 Å². The molecule has 0 N–H and O–H groups in total. The molecular formula is C9H11NO2. The lowest BCUT2D eigenvalue weighted by Gasteiger charge is -1.90. The number of carbonyl (C=O) groups excluding carboxylic acids is 1. The minimum Gasteiger partial charge on any atom is -0.456 e. The number of hydrogen-bond donors (Lipinski definition) is 0. The van der Waals surface area contributed by atoms with E-state index in [4.69, 9.17) is 5.26 Å². The Morgan fingerprint density at radius 3 is 2.83 bits per heavy atom. The fourth-order valence-corrected chi connectivity index (χ4v) is 0.558. The number of rotatable bonds is 3. The summed E-state index contributed by atoms with van der Waals surface area (Å²) in [7, 11) is 0. The normalized spacial score (nSPS) is 7.67. The summed E-state index contributed by atoms with van der Waals surface area (Å²) in [4.78, 5) is 10.6. The summed E-state index contributed by atoms with van der Waals surface area (Å²) < 4.78 is 4.57. The van der Waals surface area contributed by atoms with Crippen LogP contribution in [0.5, 0.6) is 0 Å². The first kappa shape index (κ1) is 10.5. The van der Waals surface area contributed by atoms with Gasteiger partial charge in [0, 0.05) is 18.8 Å². The third kappa shape index (κ3) is 6.64. The van der Waals surface area contributed by atoms with Crippen LogP contribution in [-0.2, 0) is 9.53 Å². The zero-order chi connectivity index (χ0) is 9.23. The number of hydrogen-bond acceptors (Lipinski definition) is 3. The van der Waals surface area contributed by atoms with E-state index in [1.54, 1.807) is 6.92 Å². The van der Waals surface area contributed by atoms with Gasteiger partial charge < -0.3 is 4.74 Å². The van der Waals surface area contributed by atoms with E-state index in [0.29, 0.717) is 25.9 Å². The minimum absolute atomic E-state index is 0.353. The Labute approximate surface area is 72.3 Å². The summed E-state index contributed by atoms with van der Waals surface area (Å²) in [5, 5.41) is 8.17. The van der Waals surface area contributed by atoms with Crippen molar-refractivity contribution in [3.63, 3.8) is 0 Å². The summed E-state index contributed by atoms with van der Waals surface area (Å²) in [6.07, 6.45) is 1.77. The average Bonchev–Trinajstić information content (AvgIpc) is 2.05. The summed E-state index contributed by atoms with van der Waals surface area (Å²) in [6, 6.07) is 2.00. The molecule has 0 aliphatic rings. The van der Waals surface area contributed by atoms with Crippen LogP contribution in [0, 0.1) is 23.2 Å². The van der Waals surface area contributed by atoms with Crippen molar-refractivity contribution >= 4 is 5.97 Å². The second kappa shape index (κ2) is 7.63. The number of esters is 1. The molecule has 0 saturated heterocycles. The maximum Gasteiger partial charge on any atom is 0.384 e. The molecular weight excluding hydrogens is 154 g/mol. The van der Waals surface area contributed by atoms with Crippen molar-refractivity contribution in [2.75, 3.05) is 6.61 Å². The van der Waals surface area contributed by atoms with Gasteiger partial charge in [0.2, 0.25) is 0 Å². The lowest BCUT2D eigenvalue weighted by Crippen LogP contribution is -1.99. The topological polar surface area (TPSA) is 50.1 Å². The molecule has 0 saturated carbocycles. The van der Waals surface area contributed by atoms with Gasteiger partial charge in [-0.1, -0.05) is 5.92 Å². The Kier molecular flexibility index (Phi) is 6.68. The maximum atomic E-state index is 10.6. The molecule has 0 spiro atoms. The first-order valence-corrected chi connectivity index (χ1v) is 3.83. The lowest BCUT2D eigenvalue weighted by atomic mass is 10.2. The molecule has 0 amide bonds. The molecule has 0 rings (SSSR count). The third-order valence-electron chi connectivity index (χ3n) is 1.06. The van der Waals surface area contributed by atoms with Crippen LogP contribution in [0.1, 0.15) is 26.2 Å². The van der Waals surface area contributed by atoms with E-state index in [1.807, 2.05) is 6.07 Å². The first-order chi connectivity index (χ1) is 5.81. The fraction of sp³-hybridized carbons (Fsp3) is 0.556. The molecule has 0 radical (unpaired) electrons. The molecule has 0 heterocycles. The Hall–Kier alpha value is -1.48. The van der Waals surface area contributed by atoms with Crippen LogP contribution < -0.4 is 0 Å². The number of nitriles is 1. The smallest absolute Gasteiger partial charge is 0.384 e. The first-order valence-electron chi connectivity index (χ1n) is 3.83. The van der Waals surface area contributed by atoms with Gasteiger partial charge in [-0.2, -0.15) is 5.26 Å². The average molecular weight is 165 g/mol. The molecule has 0 aromatic carbocycles. The molecule has 0 aliphatic heterocycles. The second-order valence-corrected chi connectivity index (χ2v) is 2.03. The quantitative estimate of drug-likeness (QED) is 0.273. The van der Waals surface area contributed by atoms with Crippen molar-refractivity contribution in [1.82, 2.24) is 0 Å². The van der Waals surface area contributed by atoms with Crippen molar-refractivity contribution in [2.45, 2.75) is 26.2 Å². The molecule has 0 aromatic rings. The predicted octanol–water partition coefficient (Wildman–Crippen LogP) is 1.25. The van der Waals surface area contributed by atoms with E-state index in [2.05, 4.69) is 16.6 Å². The van der Waals surface area contributed by atoms with Crippen LogP contribution in [-0.4, -0.2) is 12.6 Å². The summed E-state index contributed by atoms with van der Waals surface area (Å²) in [5.74, 6) is 4.46. The van der Waals surface area contributed by atoms with Gasteiger partial charge in [0.25, 0.3) is 0 Å². The van der Waals surface area contributed by atoms with Gasteiger partial charge in [-0.3, -0.25) is 0 Å². The summed E-state index contributed by atoms with van der Waals surface area (Å²) in [5.41, 5.74) is 0. The zero-order valence-electron chi connectivity index (χ0n) is 7.09. The van der Waals surface area contributed by atoms with Gasteiger partial charge in [-0.15, -0.1) is 0 Å². The SMILES string of the molecule is CCOC(=O)C#CCCCC#N. The molecule has 0 atom stereocenters. The Bertz CT molecular complexity index is 229. The lowest BCUT2D eigenvalue weighted by molar-refractivity contribution is -0.136. The van der Waals surface area contributed by atoms with Crippen LogP contribution >= 0.6 is 0 Å². The van der Waals surface area contributed by atoms with Gasteiger partial charge in [0.15, 0.2) is 0 Å². The van der Waals surface area contributed by atoms with Crippen LogP contribution in [0.3, 0.4) is 0 Å². The van der Waals surface area contributed by atoms with Crippen molar-refractivity contribution < 1.29 is 9.53 Å². The Morgan fingerprint density at radius 2 is 2.25 bits per heavy atom. The van der Waals surface area contributed by atoms with Gasteiger partial charge in [0.05, 0.1) is 12.7 Å². The van der Waals surface area contributed by atoms with E-state index in [-0.39, 0.29) is 0 Å². The fourth-order valence-electron chi connectivity index (χ4n) is 0.558. The Balaban J connectivity index is 3.46. The molecule has 0 fully saturated rings. The summed E-state index contributed by atoms with van der Waals surface area (Å²) >= 11 is 0. The Morgan fingerprint density at radius 1 is 1.50 bits per heavy atom. The molecule has 0 aromatic heterocycles. The largest absolute Gasteiger partial charge is 0.456 e. The number of unbranched alkanes of at least 4 members (excludes halogenated alkanes) is 2. The van der Waals surface area contributed by atoms with Gasteiger partial charge in [-0.05, 0) is 13.3 Å². The minimum atomic E-state index is -0.491. The highest BCUT2D eigenvalue weighted by atomic mass is 16.5. The molecule has 0 unspecified atom stereocenters. The highest BCUT2D eigenvalue weighted by molar-refractivity contribution is 5.88. The predicted molar refractivity (Wildman–Crippen MR) is 43.9 cm³/mol. The zero-order valence-corrected chi connectivity index (χ0v) is 7.09. The molecule has 3 heteroatoms. The highest BCUT2D eigenvalue weighted by Gasteiger charge is 1.90. The van der Waals surface area contributed by atoms with Crippen LogP contribution in [0.25, 0.3) is 0 Å². The van der Waals surface area contributed by atoms with Gasteiger partial charge >= 0.3 is 5.97 Å². The van der Waals surface area contributed by atoms with Crippen LogP contribution in [0.2, 0.25) is 0 Å². The van der Waals surface area contributed by atoms with E-state index < -0.39 is 5.97 Å². The highest BCUT2D eigenvalue weighted by Crippen LogP contribution is 1.90. The molecule has 0 aliphatic carbocycles. The van der Waals surface area contributed by atoms with E-state index in [9.17, 15) is 4.79 Å². The van der Waals surface area contributed by atoms with Crippen LogP contribution in [0.15, 0.2) is 0 Å². The van der Waals surface area contributed by atoms with Crippen molar-refractivity contribution in [3.05, 3.63) is 0 Å². The standard InChI is InChI=1S/C9H11NO2/c1-2-12-9(11)7-5-3-4-6-8-10/h2-4,6H2,1H3. The molecule has 64 valence electrons. The number of carbonyl (C=O) groups is 1. The second-order valence-electron chi connectivity index (χ2n) is 2.03. The summed E-state index contributed by atoms with van der Waals surface area (Å²) in [6.45, 7) is 2.08. The van der Waals surface area contributed by atoms with Gasteiger partial charge in [-0.25, -0.2) is 4.79 Å². The number of ether oxygens (including phenoxy) is 1. The van der Waals surface area contributed by atoms with Crippen LogP contribution in [0.4, 0.5) is 0 Å². The van der Waals surface area contributed by atoms with E-state index in [1.165, 1.54) is 0 Å².